The SMILES string of the molecule is O=C(Nc1nc2ccccc2n1CCOc1ccccc1)c1cccc([N+](=O)[O-])c1. The Morgan fingerprint density at radius 3 is 2.60 bits per heavy atom. The number of hydrogen-bond acceptors (Lipinski definition) is 5. The van der Waals surface area contributed by atoms with Gasteiger partial charge in [-0.15, -0.1) is 0 Å². The van der Waals surface area contributed by atoms with Gasteiger partial charge in [0.25, 0.3) is 11.6 Å². The van der Waals surface area contributed by atoms with Gasteiger partial charge in [-0.25, -0.2) is 4.98 Å². The van der Waals surface area contributed by atoms with Gasteiger partial charge in [-0.2, -0.15) is 0 Å². The molecule has 0 fully saturated rings. The van der Waals surface area contributed by atoms with Crippen molar-refractivity contribution in [3.8, 4) is 5.75 Å². The second-order valence-corrected chi connectivity index (χ2v) is 6.50. The number of fused-ring (bicyclic) bond motifs is 1. The minimum absolute atomic E-state index is 0.146. The number of ether oxygens (including phenoxy) is 1. The van der Waals surface area contributed by atoms with E-state index in [1.807, 2.05) is 59.2 Å². The number of nitrogens with zero attached hydrogens (tertiary/aromatic N) is 3. The average molecular weight is 402 g/mol. The first-order chi connectivity index (χ1) is 14.6. The summed E-state index contributed by atoms with van der Waals surface area (Å²) >= 11 is 0. The average Bonchev–Trinajstić information content (AvgIpc) is 3.11. The lowest BCUT2D eigenvalue weighted by molar-refractivity contribution is -0.384. The van der Waals surface area contributed by atoms with E-state index in [1.54, 1.807) is 0 Å². The molecule has 4 rings (SSSR count). The van der Waals surface area contributed by atoms with Crippen LogP contribution in [0.3, 0.4) is 0 Å². The molecule has 0 atom stereocenters. The molecule has 0 spiro atoms. The third kappa shape index (κ3) is 4.12. The number of rotatable bonds is 7. The summed E-state index contributed by atoms with van der Waals surface area (Å²) in [7, 11) is 0. The maximum atomic E-state index is 12.7. The zero-order valence-corrected chi connectivity index (χ0v) is 15.9. The Morgan fingerprint density at radius 2 is 1.80 bits per heavy atom. The quantitative estimate of drug-likeness (QED) is 0.367. The maximum absolute atomic E-state index is 12.7. The Morgan fingerprint density at radius 1 is 1.03 bits per heavy atom. The van der Waals surface area contributed by atoms with Crippen molar-refractivity contribution in [3.05, 3.63) is 94.5 Å². The summed E-state index contributed by atoms with van der Waals surface area (Å²) in [6, 6.07) is 22.5. The van der Waals surface area contributed by atoms with Crippen LogP contribution in [0.4, 0.5) is 11.6 Å². The van der Waals surface area contributed by atoms with Gasteiger partial charge in [0.1, 0.15) is 12.4 Å². The van der Waals surface area contributed by atoms with Crippen LogP contribution in [0.1, 0.15) is 10.4 Å². The summed E-state index contributed by atoms with van der Waals surface area (Å²) in [5.74, 6) is 0.632. The van der Waals surface area contributed by atoms with Crippen molar-refractivity contribution < 1.29 is 14.5 Å². The molecule has 1 amide bonds. The van der Waals surface area contributed by atoms with E-state index < -0.39 is 10.8 Å². The number of anilines is 1. The Labute approximate surface area is 171 Å². The Kier molecular flexibility index (Phi) is 5.38. The number of amides is 1. The van der Waals surface area contributed by atoms with E-state index in [1.165, 1.54) is 24.3 Å². The number of nitrogens with one attached hydrogen (secondary N) is 1. The molecule has 0 aliphatic carbocycles. The molecule has 0 saturated heterocycles. The molecule has 0 aliphatic heterocycles. The fraction of sp³-hybridized carbons (Fsp3) is 0.0909. The molecule has 8 heteroatoms. The fourth-order valence-electron chi connectivity index (χ4n) is 3.10. The largest absolute Gasteiger partial charge is 0.492 e. The van der Waals surface area contributed by atoms with Gasteiger partial charge < -0.3 is 9.30 Å². The number of nitro benzene ring substituents is 1. The highest BCUT2D eigenvalue weighted by Gasteiger charge is 2.16. The van der Waals surface area contributed by atoms with Crippen molar-refractivity contribution in [1.29, 1.82) is 0 Å². The van der Waals surface area contributed by atoms with Crippen LogP contribution < -0.4 is 10.1 Å². The van der Waals surface area contributed by atoms with E-state index >= 15 is 0 Å². The zero-order chi connectivity index (χ0) is 20.9. The Hall–Kier alpha value is -4.20. The van der Waals surface area contributed by atoms with Gasteiger partial charge in [-0.3, -0.25) is 20.2 Å². The molecule has 3 aromatic carbocycles. The molecule has 0 unspecified atom stereocenters. The number of non-ortho nitro benzene ring substituents is 1. The minimum Gasteiger partial charge on any atom is -0.492 e. The highest BCUT2D eigenvalue weighted by molar-refractivity contribution is 6.04. The number of para-hydroxylation sites is 3. The van der Waals surface area contributed by atoms with Gasteiger partial charge in [0, 0.05) is 17.7 Å². The van der Waals surface area contributed by atoms with E-state index in [4.69, 9.17) is 4.74 Å². The van der Waals surface area contributed by atoms with Crippen LogP contribution >= 0.6 is 0 Å². The second kappa shape index (κ2) is 8.44. The summed E-state index contributed by atoms with van der Waals surface area (Å²) < 4.78 is 7.63. The van der Waals surface area contributed by atoms with Crippen molar-refractivity contribution in [3.63, 3.8) is 0 Å². The van der Waals surface area contributed by atoms with Crippen LogP contribution in [-0.2, 0) is 6.54 Å². The first-order valence-electron chi connectivity index (χ1n) is 9.31. The Balaban J connectivity index is 1.57. The van der Waals surface area contributed by atoms with Crippen molar-refractivity contribution in [2.75, 3.05) is 11.9 Å². The van der Waals surface area contributed by atoms with Crippen LogP contribution in [0, 0.1) is 10.1 Å². The van der Waals surface area contributed by atoms with Crippen LogP contribution in [0.15, 0.2) is 78.9 Å². The molecule has 0 radical (unpaired) electrons. The van der Waals surface area contributed by atoms with Crippen LogP contribution in [0.25, 0.3) is 11.0 Å². The van der Waals surface area contributed by atoms with Gasteiger partial charge in [0.05, 0.1) is 22.5 Å². The van der Waals surface area contributed by atoms with Gasteiger partial charge in [0.15, 0.2) is 0 Å². The van der Waals surface area contributed by atoms with Gasteiger partial charge in [-0.05, 0) is 30.3 Å². The van der Waals surface area contributed by atoms with Crippen molar-refractivity contribution in [2.45, 2.75) is 6.54 Å². The second-order valence-electron chi connectivity index (χ2n) is 6.50. The lowest BCUT2D eigenvalue weighted by Crippen LogP contribution is -2.18. The number of nitro groups is 1. The summed E-state index contributed by atoms with van der Waals surface area (Å²) in [6.07, 6.45) is 0. The van der Waals surface area contributed by atoms with E-state index in [0.29, 0.717) is 19.1 Å². The monoisotopic (exact) mass is 402 g/mol. The first kappa shape index (κ1) is 19.1. The molecule has 0 aliphatic rings. The molecule has 8 nitrogen and oxygen atoms in total. The van der Waals surface area contributed by atoms with Gasteiger partial charge in [-0.1, -0.05) is 36.4 Å². The lowest BCUT2D eigenvalue weighted by atomic mass is 10.2. The zero-order valence-electron chi connectivity index (χ0n) is 15.9. The third-order valence-electron chi connectivity index (χ3n) is 4.53. The molecule has 4 aromatic rings. The first-order valence-corrected chi connectivity index (χ1v) is 9.31. The predicted molar refractivity (Wildman–Crippen MR) is 113 cm³/mol. The smallest absolute Gasteiger partial charge is 0.270 e. The molecule has 1 aromatic heterocycles. The molecule has 1 N–H and O–H groups in total. The van der Waals surface area contributed by atoms with Crippen molar-refractivity contribution in [1.82, 2.24) is 9.55 Å². The third-order valence-corrected chi connectivity index (χ3v) is 4.53. The molecule has 1 heterocycles. The van der Waals surface area contributed by atoms with Crippen molar-refractivity contribution in [2.24, 2.45) is 0 Å². The number of imidazole rings is 1. The molecule has 30 heavy (non-hydrogen) atoms. The molecular weight excluding hydrogens is 384 g/mol. The van der Waals surface area contributed by atoms with Crippen molar-refractivity contribution >= 4 is 28.6 Å². The van der Waals surface area contributed by atoms with Crippen LogP contribution in [0.2, 0.25) is 0 Å². The Bertz CT molecular complexity index is 1200. The maximum Gasteiger partial charge on any atom is 0.270 e. The lowest BCUT2D eigenvalue weighted by Gasteiger charge is -2.11. The number of aromatic nitrogens is 2. The molecule has 0 bridgehead atoms. The highest BCUT2D eigenvalue weighted by Crippen LogP contribution is 2.21. The normalized spacial score (nSPS) is 10.7. The number of carbonyl (C=O) groups is 1. The topological polar surface area (TPSA) is 99.3 Å². The summed E-state index contributed by atoms with van der Waals surface area (Å²) in [4.78, 5) is 27.6. The number of carbonyl (C=O) groups excluding carboxylic acids is 1. The predicted octanol–water partition coefficient (Wildman–Crippen LogP) is 4.28. The fourth-order valence-corrected chi connectivity index (χ4v) is 3.10. The minimum atomic E-state index is -0.535. The molecular formula is C22H18N4O4. The summed E-state index contributed by atoms with van der Waals surface area (Å²) in [5, 5.41) is 13.8. The summed E-state index contributed by atoms with van der Waals surface area (Å²) in [5.41, 5.74) is 1.62. The van der Waals surface area contributed by atoms with Gasteiger partial charge >= 0.3 is 0 Å². The molecule has 0 saturated carbocycles. The standard InChI is InChI=1S/C22H18N4O4/c27-21(16-7-6-8-17(15-16)26(28)29)24-22-23-19-11-4-5-12-20(19)25(22)13-14-30-18-9-2-1-3-10-18/h1-12,15H,13-14H2,(H,23,24,27). The highest BCUT2D eigenvalue weighted by atomic mass is 16.6. The van der Waals surface area contributed by atoms with E-state index in [0.717, 1.165) is 16.8 Å². The van der Waals surface area contributed by atoms with Crippen LogP contribution in [0.5, 0.6) is 5.75 Å². The van der Waals surface area contributed by atoms with Gasteiger partial charge in [0.2, 0.25) is 5.95 Å². The number of hydrogen-bond donors (Lipinski definition) is 1. The van der Waals surface area contributed by atoms with Crippen LogP contribution in [-0.4, -0.2) is 27.0 Å². The van der Waals surface area contributed by atoms with E-state index in [9.17, 15) is 14.9 Å². The number of benzene rings is 3. The van der Waals surface area contributed by atoms with E-state index in [-0.39, 0.29) is 11.3 Å². The van der Waals surface area contributed by atoms with E-state index in [2.05, 4.69) is 10.3 Å². The molecule has 150 valence electrons. The summed E-state index contributed by atoms with van der Waals surface area (Å²) in [6.45, 7) is 0.837.